The maximum atomic E-state index is 12.3. The first-order chi connectivity index (χ1) is 14.1. The van der Waals surface area contributed by atoms with Crippen LogP contribution in [0.5, 0.6) is 0 Å². The smallest absolute Gasteiger partial charge is 0.410 e. The minimum absolute atomic E-state index is 0.253. The minimum atomic E-state index is -0.253. The molecule has 1 saturated heterocycles. The van der Waals surface area contributed by atoms with E-state index in [2.05, 4.69) is 31.9 Å². The van der Waals surface area contributed by atoms with Gasteiger partial charge in [0.15, 0.2) is 0 Å². The molecule has 1 amide bonds. The highest BCUT2D eigenvalue weighted by Crippen LogP contribution is 2.24. The van der Waals surface area contributed by atoms with Crippen molar-refractivity contribution in [3.8, 4) is 0 Å². The molecule has 0 saturated carbocycles. The fourth-order valence-electron chi connectivity index (χ4n) is 3.57. The van der Waals surface area contributed by atoms with Gasteiger partial charge in [-0.1, -0.05) is 52.3 Å². The second-order valence-corrected chi connectivity index (χ2v) is 8.09. The number of halogens is 1. The number of nitrogens with zero attached hydrogens (tertiary/aromatic N) is 3. The number of pyridine rings is 1. The highest BCUT2D eigenvalue weighted by atomic mass is 79.9. The van der Waals surface area contributed by atoms with Crippen LogP contribution in [0.4, 0.5) is 10.6 Å². The Morgan fingerprint density at radius 3 is 2.59 bits per heavy atom. The van der Waals surface area contributed by atoms with Crippen LogP contribution in [-0.4, -0.2) is 47.1 Å². The third kappa shape index (κ3) is 4.86. The molecule has 1 aliphatic heterocycles. The Balaban J connectivity index is 1.34. The number of carbonyl (C=O) groups is 1. The van der Waals surface area contributed by atoms with Gasteiger partial charge in [0.2, 0.25) is 0 Å². The van der Waals surface area contributed by atoms with Crippen molar-refractivity contribution >= 4 is 38.7 Å². The molecule has 3 aromatic rings. The van der Waals surface area contributed by atoms with Gasteiger partial charge >= 0.3 is 6.09 Å². The van der Waals surface area contributed by atoms with E-state index in [0.717, 1.165) is 46.1 Å². The van der Waals surface area contributed by atoms with Crippen LogP contribution in [0.15, 0.2) is 59.1 Å². The van der Waals surface area contributed by atoms with Crippen LogP contribution >= 0.6 is 15.9 Å². The Morgan fingerprint density at radius 2 is 1.83 bits per heavy atom. The molecule has 0 aliphatic carbocycles. The average molecular weight is 455 g/mol. The fraction of sp³-hybridized carbons (Fsp3) is 0.273. The molecule has 0 unspecified atom stereocenters. The minimum Gasteiger partial charge on any atom is -0.445 e. The maximum absolute atomic E-state index is 12.3. The van der Waals surface area contributed by atoms with Gasteiger partial charge in [-0.25, -0.2) is 9.78 Å². The van der Waals surface area contributed by atoms with Gasteiger partial charge in [-0.3, -0.25) is 4.90 Å². The molecule has 1 aliphatic rings. The van der Waals surface area contributed by atoms with Gasteiger partial charge in [0, 0.05) is 42.6 Å². The number of nitrogens with two attached hydrogens (primary N) is 1. The molecule has 0 atom stereocenters. The van der Waals surface area contributed by atoms with Gasteiger partial charge in [0.1, 0.15) is 12.4 Å². The molecule has 2 heterocycles. The van der Waals surface area contributed by atoms with Crippen molar-refractivity contribution in [3.63, 3.8) is 0 Å². The third-order valence-electron chi connectivity index (χ3n) is 5.11. The monoisotopic (exact) mass is 454 g/mol. The molecule has 2 aromatic carbocycles. The van der Waals surface area contributed by atoms with Crippen molar-refractivity contribution in [2.24, 2.45) is 0 Å². The highest BCUT2D eigenvalue weighted by molar-refractivity contribution is 9.10. The zero-order valence-electron chi connectivity index (χ0n) is 16.1. The van der Waals surface area contributed by atoms with Gasteiger partial charge in [-0.05, 0) is 29.3 Å². The molecule has 0 spiro atoms. The maximum Gasteiger partial charge on any atom is 0.410 e. The number of rotatable bonds is 4. The number of piperazine rings is 1. The van der Waals surface area contributed by atoms with E-state index in [1.165, 1.54) is 0 Å². The highest BCUT2D eigenvalue weighted by Gasteiger charge is 2.22. The van der Waals surface area contributed by atoms with E-state index < -0.39 is 0 Å². The number of hydrogen-bond acceptors (Lipinski definition) is 5. The van der Waals surface area contributed by atoms with E-state index >= 15 is 0 Å². The van der Waals surface area contributed by atoms with Gasteiger partial charge in [-0.2, -0.15) is 0 Å². The topological polar surface area (TPSA) is 71.7 Å². The Bertz CT molecular complexity index is 999. The number of benzene rings is 2. The Morgan fingerprint density at radius 1 is 1.07 bits per heavy atom. The molecule has 1 aromatic heterocycles. The van der Waals surface area contributed by atoms with Gasteiger partial charge in [0.05, 0.1) is 5.52 Å². The molecular formula is C22H23BrN4O2. The van der Waals surface area contributed by atoms with Crippen molar-refractivity contribution in [2.45, 2.75) is 13.2 Å². The summed E-state index contributed by atoms with van der Waals surface area (Å²) >= 11 is 3.49. The summed E-state index contributed by atoms with van der Waals surface area (Å²) in [5.41, 5.74) is 9.04. The molecule has 1 fully saturated rings. The van der Waals surface area contributed by atoms with Crippen LogP contribution in [-0.2, 0) is 17.9 Å². The van der Waals surface area contributed by atoms with Crippen LogP contribution in [0.25, 0.3) is 10.9 Å². The number of fused-ring (bicyclic) bond motifs is 1. The van der Waals surface area contributed by atoms with Crippen molar-refractivity contribution in [3.05, 3.63) is 70.2 Å². The number of nitrogen functional groups attached to an aromatic ring is 1. The third-order valence-corrected chi connectivity index (χ3v) is 5.60. The lowest BCUT2D eigenvalue weighted by atomic mass is 10.1. The van der Waals surface area contributed by atoms with E-state index in [0.29, 0.717) is 25.5 Å². The number of carbonyl (C=O) groups excluding carboxylic acids is 1. The summed E-state index contributed by atoms with van der Waals surface area (Å²) in [5, 5.41) is 1.10. The molecule has 2 N–H and O–H groups in total. The number of anilines is 1. The summed E-state index contributed by atoms with van der Waals surface area (Å²) in [6.45, 7) is 3.96. The second kappa shape index (κ2) is 8.80. The first-order valence-electron chi connectivity index (χ1n) is 9.61. The SMILES string of the molecule is Nc1cc(CN2CCN(C(=O)OCc3ccccc3)CC2)c2ccc(Br)cc2n1. The van der Waals surface area contributed by atoms with Crippen LogP contribution in [0, 0.1) is 0 Å². The zero-order valence-corrected chi connectivity index (χ0v) is 17.6. The number of hydrogen-bond donors (Lipinski definition) is 1. The van der Waals surface area contributed by atoms with Crippen molar-refractivity contribution < 1.29 is 9.53 Å². The number of amides is 1. The lowest BCUT2D eigenvalue weighted by Crippen LogP contribution is -2.48. The molecule has 0 radical (unpaired) electrons. The zero-order chi connectivity index (χ0) is 20.2. The van der Waals surface area contributed by atoms with E-state index in [9.17, 15) is 4.79 Å². The molecule has 0 bridgehead atoms. The standard InChI is InChI=1S/C22H23BrN4O2/c23-18-6-7-19-17(12-21(24)25-20(19)13-18)14-26-8-10-27(11-9-26)22(28)29-15-16-4-2-1-3-5-16/h1-7,12-13H,8-11,14-15H2,(H2,24,25). The summed E-state index contributed by atoms with van der Waals surface area (Å²) in [6.07, 6.45) is -0.253. The predicted molar refractivity (Wildman–Crippen MR) is 117 cm³/mol. The molecular weight excluding hydrogens is 432 g/mol. The second-order valence-electron chi connectivity index (χ2n) is 7.17. The number of ether oxygens (including phenoxy) is 1. The van der Waals surface area contributed by atoms with Crippen molar-refractivity contribution in [1.82, 2.24) is 14.8 Å². The largest absolute Gasteiger partial charge is 0.445 e. The Labute approximate surface area is 178 Å². The van der Waals surface area contributed by atoms with E-state index in [-0.39, 0.29) is 6.09 Å². The molecule has 150 valence electrons. The van der Waals surface area contributed by atoms with E-state index in [1.54, 1.807) is 4.90 Å². The molecule has 29 heavy (non-hydrogen) atoms. The van der Waals surface area contributed by atoms with Crippen molar-refractivity contribution in [2.75, 3.05) is 31.9 Å². The van der Waals surface area contributed by atoms with Crippen molar-refractivity contribution in [1.29, 1.82) is 0 Å². The molecule has 6 nitrogen and oxygen atoms in total. The molecule has 7 heteroatoms. The normalized spacial score (nSPS) is 14.9. The average Bonchev–Trinajstić information content (AvgIpc) is 2.73. The summed E-state index contributed by atoms with van der Waals surface area (Å²) in [5.74, 6) is 0.522. The summed E-state index contributed by atoms with van der Waals surface area (Å²) in [7, 11) is 0. The van der Waals surface area contributed by atoms with Crippen LogP contribution < -0.4 is 5.73 Å². The lowest BCUT2D eigenvalue weighted by molar-refractivity contribution is 0.0701. The predicted octanol–water partition coefficient (Wildman–Crippen LogP) is 4.03. The van der Waals surface area contributed by atoms with Crippen LogP contribution in [0.3, 0.4) is 0 Å². The summed E-state index contributed by atoms with van der Waals surface area (Å²) in [6, 6.07) is 17.7. The van der Waals surface area contributed by atoms with Crippen LogP contribution in [0.1, 0.15) is 11.1 Å². The fourth-order valence-corrected chi connectivity index (χ4v) is 3.92. The Kier molecular flexibility index (Phi) is 5.97. The molecule has 4 rings (SSSR count). The summed E-state index contributed by atoms with van der Waals surface area (Å²) in [4.78, 5) is 20.9. The van der Waals surface area contributed by atoms with E-state index in [1.807, 2.05) is 48.5 Å². The van der Waals surface area contributed by atoms with Crippen LogP contribution in [0.2, 0.25) is 0 Å². The van der Waals surface area contributed by atoms with Gasteiger partial charge in [-0.15, -0.1) is 0 Å². The van der Waals surface area contributed by atoms with Gasteiger partial charge in [0.25, 0.3) is 0 Å². The Hall–Kier alpha value is -2.64. The lowest BCUT2D eigenvalue weighted by Gasteiger charge is -2.34. The number of aromatic nitrogens is 1. The summed E-state index contributed by atoms with van der Waals surface area (Å²) < 4.78 is 6.43. The first-order valence-corrected chi connectivity index (χ1v) is 10.4. The first kappa shape index (κ1) is 19.7. The quantitative estimate of drug-likeness (QED) is 0.643. The van der Waals surface area contributed by atoms with E-state index in [4.69, 9.17) is 10.5 Å². The van der Waals surface area contributed by atoms with Gasteiger partial charge < -0.3 is 15.4 Å².